The molecule has 2 heteroatoms. The van der Waals surface area contributed by atoms with Crippen molar-refractivity contribution < 1.29 is 0 Å². The Hall–Kier alpha value is -1.41. The van der Waals surface area contributed by atoms with Crippen molar-refractivity contribution >= 4 is 10.9 Å². The van der Waals surface area contributed by atoms with Crippen LogP contribution in [-0.2, 0) is 0 Å². The molecule has 0 radical (unpaired) electrons. The summed E-state index contributed by atoms with van der Waals surface area (Å²) in [7, 11) is 2.04. The maximum absolute atomic E-state index is 4.56. The zero-order valence-electron chi connectivity index (χ0n) is 11.1. The Bertz CT molecular complexity index is 562. The number of pyridine rings is 1. The van der Waals surface area contributed by atoms with Crippen molar-refractivity contribution in [2.75, 3.05) is 13.6 Å². The molecule has 1 aliphatic rings. The molecule has 1 heterocycles. The largest absolute Gasteiger partial charge is 0.319 e. The van der Waals surface area contributed by atoms with Gasteiger partial charge in [0.25, 0.3) is 0 Å². The van der Waals surface area contributed by atoms with E-state index >= 15 is 0 Å². The minimum atomic E-state index is 0.739. The van der Waals surface area contributed by atoms with E-state index in [1.54, 1.807) is 0 Å². The summed E-state index contributed by atoms with van der Waals surface area (Å²) in [5.74, 6) is 1.55. The van der Waals surface area contributed by atoms with Gasteiger partial charge in [-0.25, -0.2) is 0 Å². The van der Waals surface area contributed by atoms with Gasteiger partial charge in [0.1, 0.15) is 0 Å². The fourth-order valence-corrected chi connectivity index (χ4v) is 2.99. The summed E-state index contributed by atoms with van der Waals surface area (Å²) in [5.41, 5.74) is 3.69. The molecular weight excluding hydrogens is 220 g/mol. The number of rotatable bonds is 3. The molecule has 2 nitrogen and oxygen atoms in total. The van der Waals surface area contributed by atoms with E-state index in [-0.39, 0.29) is 0 Å². The molecule has 0 amide bonds. The van der Waals surface area contributed by atoms with Crippen molar-refractivity contribution in [3.05, 3.63) is 41.6 Å². The number of aryl methyl sites for hydroxylation is 1. The molecule has 0 bridgehead atoms. The number of nitrogens with one attached hydrogen (secondary N) is 1. The van der Waals surface area contributed by atoms with Gasteiger partial charge in [-0.15, -0.1) is 0 Å². The molecule has 3 rings (SSSR count). The van der Waals surface area contributed by atoms with Crippen LogP contribution in [0.15, 0.2) is 30.3 Å². The zero-order valence-corrected chi connectivity index (χ0v) is 11.1. The van der Waals surface area contributed by atoms with E-state index in [0.717, 1.165) is 29.6 Å². The first-order valence-corrected chi connectivity index (χ1v) is 6.80. The molecule has 0 saturated heterocycles. The molecule has 2 atom stereocenters. The maximum Gasteiger partial charge on any atom is 0.0705 e. The fraction of sp³-hybridized carbons (Fsp3) is 0.438. The van der Waals surface area contributed by atoms with Gasteiger partial charge < -0.3 is 5.32 Å². The molecule has 94 valence electrons. The summed E-state index contributed by atoms with van der Waals surface area (Å²) >= 11 is 0. The van der Waals surface area contributed by atoms with Crippen molar-refractivity contribution in [3.63, 3.8) is 0 Å². The fourth-order valence-electron chi connectivity index (χ4n) is 2.99. The molecule has 1 aliphatic carbocycles. The Morgan fingerprint density at radius 1 is 1.22 bits per heavy atom. The summed E-state index contributed by atoms with van der Waals surface area (Å²) in [6, 6.07) is 11.0. The van der Waals surface area contributed by atoms with Crippen molar-refractivity contribution in [1.29, 1.82) is 0 Å². The molecule has 0 spiro atoms. The number of aromatic nitrogens is 1. The average Bonchev–Trinajstić information content (AvgIpc) is 2.35. The number of hydrogen-bond donors (Lipinski definition) is 1. The second-order valence-electron chi connectivity index (χ2n) is 5.41. The lowest BCUT2D eigenvalue weighted by molar-refractivity contribution is 0.251. The van der Waals surface area contributed by atoms with Gasteiger partial charge in [-0.3, -0.25) is 4.98 Å². The number of benzene rings is 1. The summed E-state index contributed by atoms with van der Waals surface area (Å²) in [5, 5.41) is 4.57. The summed E-state index contributed by atoms with van der Waals surface area (Å²) in [4.78, 5) is 4.56. The lowest BCUT2D eigenvalue weighted by Crippen LogP contribution is -2.32. The Balaban J connectivity index is 1.91. The van der Waals surface area contributed by atoms with Crippen molar-refractivity contribution in [2.45, 2.75) is 25.7 Å². The van der Waals surface area contributed by atoms with Gasteiger partial charge in [0.15, 0.2) is 0 Å². The van der Waals surface area contributed by atoms with Crippen LogP contribution in [0.5, 0.6) is 0 Å². The van der Waals surface area contributed by atoms with Crippen LogP contribution in [0.1, 0.15) is 30.0 Å². The number of hydrogen-bond acceptors (Lipinski definition) is 2. The zero-order chi connectivity index (χ0) is 12.5. The van der Waals surface area contributed by atoms with Crippen LogP contribution in [0.2, 0.25) is 0 Å². The molecule has 1 aromatic heterocycles. The predicted octanol–water partition coefficient (Wildman–Crippen LogP) is 3.26. The highest BCUT2D eigenvalue weighted by molar-refractivity contribution is 5.79. The summed E-state index contributed by atoms with van der Waals surface area (Å²) in [6.45, 7) is 3.18. The van der Waals surface area contributed by atoms with E-state index in [1.807, 2.05) is 14.0 Å². The second kappa shape index (κ2) is 4.69. The minimum Gasteiger partial charge on any atom is -0.319 e. The first-order chi connectivity index (χ1) is 8.78. The molecule has 18 heavy (non-hydrogen) atoms. The Morgan fingerprint density at radius 3 is 2.83 bits per heavy atom. The molecule has 1 aromatic carbocycles. The molecule has 1 fully saturated rings. The van der Waals surface area contributed by atoms with Crippen molar-refractivity contribution in [1.82, 2.24) is 10.3 Å². The van der Waals surface area contributed by atoms with E-state index in [0.29, 0.717) is 0 Å². The van der Waals surface area contributed by atoms with E-state index in [2.05, 4.69) is 40.6 Å². The topological polar surface area (TPSA) is 24.9 Å². The van der Waals surface area contributed by atoms with Crippen LogP contribution in [0.25, 0.3) is 10.9 Å². The maximum atomic E-state index is 4.56. The van der Waals surface area contributed by atoms with E-state index in [1.165, 1.54) is 23.8 Å². The number of fused-ring (bicyclic) bond motifs is 1. The van der Waals surface area contributed by atoms with E-state index in [9.17, 15) is 0 Å². The van der Waals surface area contributed by atoms with Gasteiger partial charge in [0.05, 0.1) is 5.52 Å². The lowest BCUT2D eigenvalue weighted by Gasteiger charge is -2.37. The number of nitrogens with zero attached hydrogens (tertiary/aromatic N) is 1. The first kappa shape index (κ1) is 11.7. The van der Waals surface area contributed by atoms with Crippen LogP contribution in [0.4, 0.5) is 0 Å². The van der Waals surface area contributed by atoms with Crippen LogP contribution in [0.3, 0.4) is 0 Å². The quantitative estimate of drug-likeness (QED) is 0.890. The molecular formula is C16H20N2. The minimum absolute atomic E-state index is 0.739. The van der Waals surface area contributed by atoms with E-state index < -0.39 is 0 Å². The Morgan fingerprint density at radius 2 is 2.11 bits per heavy atom. The Labute approximate surface area is 108 Å². The highest BCUT2D eigenvalue weighted by Crippen LogP contribution is 2.42. The predicted molar refractivity (Wildman–Crippen MR) is 75.9 cm³/mol. The normalized spacial score (nSPS) is 23.0. The third kappa shape index (κ3) is 2.01. The van der Waals surface area contributed by atoms with Gasteiger partial charge in [-0.1, -0.05) is 12.1 Å². The first-order valence-electron chi connectivity index (χ1n) is 6.80. The van der Waals surface area contributed by atoms with Crippen molar-refractivity contribution in [3.8, 4) is 0 Å². The van der Waals surface area contributed by atoms with Gasteiger partial charge in [-0.05, 0) is 69.0 Å². The van der Waals surface area contributed by atoms with Gasteiger partial charge in [0, 0.05) is 11.1 Å². The second-order valence-corrected chi connectivity index (χ2v) is 5.41. The van der Waals surface area contributed by atoms with E-state index in [4.69, 9.17) is 0 Å². The summed E-state index contributed by atoms with van der Waals surface area (Å²) < 4.78 is 0. The average molecular weight is 240 g/mol. The lowest BCUT2D eigenvalue weighted by atomic mass is 9.70. The SMILES string of the molecule is CNCC1CCC1c1ccc2nc(C)ccc2c1. The van der Waals surface area contributed by atoms with Crippen LogP contribution < -0.4 is 5.32 Å². The monoisotopic (exact) mass is 240 g/mol. The van der Waals surface area contributed by atoms with Crippen LogP contribution in [-0.4, -0.2) is 18.6 Å². The third-order valence-corrected chi connectivity index (χ3v) is 4.16. The smallest absolute Gasteiger partial charge is 0.0705 e. The molecule has 0 aliphatic heterocycles. The standard InChI is InChI=1S/C16H20N2/c1-11-3-4-13-9-12(6-8-16(13)18-11)15-7-5-14(15)10-17-2/h3-4,6,8-9,14-15,17H,5,7,10H2,1-2H3. The van der Waals surface area contributed by atoms with Crippen molar-refractivity contribution in [2.24, 2.45) is 5.92 Å². The highest BCUT2D eigenvalue weighted by atomic mass is 14.8. The van der Waals surface area contributed by atoms with Gasteiger partial charge in [0.2, 0.25) is 0 Å². The molecule has 2 aromatic rings. The van der Waals surface area contributed by atoms with Gasteiger partial charge >= 0.3 is 0 Å². The Kier molecular flexibility index (Phi) is 3.04. The highest BCUT2D eigenvalue weighted by Gasteiger charge is 2.31. The summed E-state index contributed by atoms with van der Waals surface area (Å²) in [6.07, 6.45) is 2.69. The molecule has 1 saturated carbocycles. The third-order valence-electron chi connectivity index (χ3n) is 4.16. The van der Waals surface area contributed by atoms with Crippen LogP contribution >= 0.6 is 0 Å². The van der Waals surface area contributed by atoms with Crippen LogP contribution in [0, 0.1) is 12.8 Å². The molecule has 2 unspecified atom stereocenters. The molecule has 1 N–H and O–H groups in total. The van der Waals surface area contributed by atoms with Gasteiger partial charge in [-0.2, -0.15) is 0 Å².